The molecule has 0 fully saturated rings. The normalized spacial score (nSPS) is 10.6. The maximum absolute atomic E-state index is 12.1. The molecule has 0 bridgehead atoms. The number of nitrogens with one attached hydrogen (secondary N) is 2. The van der Waals surface area contributed by atoms with Crippen molar-refractivity contribution in [2.24, 2.45) is 0 Å². The van der Waals surface area contributed by atoms with Gasteiger partial charge in [-0.2, -0.15) is 0 Å². The second-order valence-corrected chi connectivity index (χ2v) is 5.25. The Morgan fingerprint density at radius 3 is 2.90 bits per heavy atom. The van der Waals surface area contributed by atoms with Crippen LogP contribution >= 0.6 is 12.2 Å². The molecule has 5 nitrogen and oxygen atoms in total. The minimum atomic E-state index is -0.110. The summed E-state index contributed by atoms with van der Waals surface area (Å²) in [7, 11) is 1.80. The largest absolute Gasteiger partial charge is 0.366 e. The first kappa shape index (κ1) is 15.4. The minimum Gasteiger partial charge on any atom is -0.366 e. The van der Waals surface area contributed by atoms with Gasteiger partial charge in [0.25, 0.3) is 5.56 Å². The van der Waals surface area contributed by atoms with E-state index in [4.69, 9.17) is 12.2 Å². The van der Waals surface area contributed by atoms with Crippen LogP contribution in [0, 0.1) is 0 Å². The number of aromatic nitrogens is 2. The van der Waals surface area contributed by atoms with Gasteiger partial charge in [-0.1, -0.05) is 25.5 Å². The van der Waals surface area contributed by atoms with Gasteiger partial charge in [0, 0.05) is 13.6 Å². The third kappa shape index (κ3) is 3.78. The number of unbranched alkanes of at least 4 members (excludes halogenated alkanes) is 1. The molecular formula is C15H20N4OS. The molecule has 21 heavy (non-hydrogen) atoms. The lowest BCUT2D eigenvalue weighted by atomic mass is 10.2. The van der Waals surface area contributed by atoms with Crippen molar-refractivity contribution >= 4 is 28.2 Å². The monoisotopic (exact) mass is 304 g/mol. The van der Waals surface area contributed by atoms with Crippen molar-refractivity contribution in [1.29, 1.82) is 0 Å². The standard InChI is InChI=1S/C15H20N4OS/c1-3-4-9-19(15(21)16-2)10-13-17-12-8-6-5-7-11(12)14(20)18-13/h5-8H,3-4,9-10H2,1-2H3,(H,16,21)(H,17,18,20). The SMILES string of the molecule is CCCCN(Cc1nc2ccccc2c(=O)[nH]1)C(=S)NC. The Kier molecular flexibility index (Phi) is 5.27. The maximum Gasteiger partial charge on any atom is 0.258 e. The van der Waals surface area contributed by atoms with E-state index in [-0.39, 0.29) is 5.56 Å². The third-order valence-corrected chi connectivity index (χ3v) is 3.75. The first-order valence-electron chi connectivity index (χ1n) is 7.10. The topological polar surface area (TPSA) is 61.0 Å². The van der Waals surface area contributed by atoms with E-state index in [2.05, 4.69) is 22.2 Å². The smallest absolute Gasteiger partial charge is 0.258 e. The van der Waals surface area contributed by atoms with E-state index in [9.17, 15) is 4.79 Å². The highest BCUT2D eigenvalue weighted by Gasteiger charge is 2.11. The highest BCUT2D eigenvalue weighted by atomic mass is 32.1. The number of hydrogen-bond acceptors (Lipinski definition) is 3. The lowest BCUT2D eigenvalue weighted by Gasteiger charge is -2.24. The molecule has 1 aromatic carbocycles. The summed E-state index contributed by atoms with van der Waals surface area (Å²) >= 11 is 5.31. The molecule has 1 heterocycles. The van der Waals surface area contributed by atoms with Crippen molar-refractivity contribution in [3.63, 3.8) is 0 Å². The zero-order chi connectivity index (χ0) is 15.2. The minimum absolute atomic E-state index is 0.110. The maximum atomic E-state index is 12.1. The summed E-state index contributed by atoms with van der Waals surface area (Å²) in [5, 5.41) is 4.26. The molecule has 0 aliphatic heterocycles. The van der Waals surface area contributed by atoms with Crippen LogP contribution in [0.5, 0.6) is 0 Å². The fourth-order valence-corrected chi connectivity index (χ4v) is 2.31. The number of nitrogens with zero attached hydrogens (tertiary/aromatic N) is 2. The molecule has 0 aliphatic carbocycles. The number of rotatable bonds is 5. The van der Waals surface area contributed by atoms with Crippen LogP contribution in [0.1, 0.15) is 25.6 Å². The van der Waals surface area contributed by atoms with Crippen LogP contribution in [0.2, 0.25) is 0 Å². The predicted molar refractivity (Wildman–Crippen MR) is 89.3 cm³/mol. The van der Waals surface area contributed by atoms with Crippen LogP contribution < -0.4 is 10.9 Å². The average Bonchev–Trinajstić information content (AvgIpc) is 2.50. The van der Waals surface area contributed by atoms with Crippen molar-refractivity contribution in [3.8, 4) is 0 Å². The molecular weight excluding hydrogens is 284 g/mol. The summed E-state index contributed by atoms with van der Waals surface area (Å²) in [4.78, 5) is 21.4. The van der Waals surface area contributed by atoms with Gasteiger partial charge in [-0.3, -0.25) is 4.79 Å². The van der Waals surface area contributed by atoms with Crippen molar-refractivity contribution in [2.45, 2.75) is 26.3 Å². The molecule has 0 saturated carbocycles. The number of H-pyrrole nitrogens is 1. The predicted octanol–water partition coefficient (Wildman–Crippen LogP) is 2.03. The summed E-state index contributed by atoms with van der Waals surface area (Å²) in [6.07, 6.45) is 2.13. The second kappa shape index (κ2) is 7.17. The average molecular weight is 304 g/mol. The fourth-order valence-electron chi connectivity index (χ4n) is 2.15. The van der Waals surface area contributed by atoms with Crippen molar-refractivity contribution in [3.05, 3.63) is 40.4 Å². The van der Waals surface area contributed by atoms with Gasteiger partial charge in [-0.05, 0) is 30.8 Å². The molecule has 6 heteroatoms. The Morgan fingerprint density at radius 1 is 1.43 bits per heavy atom. The van der Waals surface area contributed by atoms with Crippen LogP contribution in [0.25, 0.3) is 10.9 Å². The van der Waals surface area contributed by atoms with Crippen LogP contribution in [0.15, 0.2) is 29.1 Å². The van der Waals surface area contributed by atoms with E-state index in [1.165, 1.54) is 0 Å². The highest BCUT2D eigenvalue weighted by molar-refractivity contribution is 7.80. The fraction of sp³-hybridized carbons (Fsp3) is 0.400. The van der Waals surface area contributed by atoms with E-state index in [1.807, 2.05) is 23.1 Å². The van der Waals surface area contributed by atoms with Gasteiger partial charge in [-0.25, -0.2) is 4.98 Å². The van der Waals surface area contributed by atoms with Crippen LogP contribution in [0.3, 0.4) is 0 Å². The summed E-state index contributed by atoms with van der Waals surface area (Å²) in [6.45, 7) is 3.48. The summed E-state index contributed by atoms with van der Waals surface area (Å²) in [6, 6.07) is 7.34. The van der Waals surface area contributed by atoms with Crippen LogP contribution in [0.4, 0.5) is 0 Å². The Balaban J connectivity index is 2.27. The van der Waals surface area contributed by atoms with Gasteiger partial charge in [0.15, 0.2) is 5.11 Å². The second-order valence-electron chi connectivity index (χ2n) is 4.86. The Hall–Kier alpha value is -1.95. The Bertz CT molecular complexity index is 683. The number of hydrogen-bond donors (Lipinski definition) is 2. The lowest BCUT2D eigenvalue weighted by Crippen LogP contribution is -2.38. The van der Waals surface area contributed by atoms with Gasteiger partial charge in [-0.15, -0.1) is 0 Å². The molecule has 0 saturated heterocycles. The van der Waals surface area contributed by atoms with Gasteiger partial charge < -0.3 is 15.2 Å². The third-order valence-electron chi connectivity index (χ3n) is 3.29. The number of aromatic amines is 1. The van der Waals surface area contributed by atoms with E-state index < -0.39 is 0 Å². The van der Waals surface area contributed by atoms with Gasteiger partial charge in [0.1, 0.15) is 5.82 Å². The van der Waals surface area contributed by atoms with E-state index in [1.54, 1.807) is 13.1 Å². The quantitative estimate of drug-likeness (QED) is 0.828. The molecule has 0 amide bonds. The van der Waals surface area contributed by atoms with Gasteiger partial charge >= 0.3 is 0 Å². The molecule has 2 rings (SSSR count). The molecule has 0 unspecified atom stereocenters. The molecule has 112 valence electrons. The molecule has 1 aromatic heterocycles. The lowest BCUT2D eigenvalue weighted by molar-refractivity contribution is 0.388. The van der Waals surface area contributed by atoms with Crippen molar-refractivity contribution in [1.82, 2.24) is 20.2 Å². The van der Waals surface area contributed by atoms with Crippen molar-refractivity contribution < 1.29 is 0 Å². The summed E-state index contributed by atoms with van der Waals surface area (Å²) < 4.78 is 0. The van der Waals surface area contributed by atoms with E-state index >= 15 is 0 Å². The van der Waals surface area contributed by atoms with Crippen molar-refractivity contribution in [2.75, 3.05) is 13.6 Å². The van der Waals surface area contributed by atoms with Gasteiger partial charge in [0.2, 0.25) is 0 Å². The molecule has 2 aromatic rings. The first-order chi connectivity index (χ1) is 10.2. The zero-order valence-electron chi connectivity index (χ0n) is 12.3. The number of fused-ring (bicyclic) bond motifs is 1. The van der Waals surface area contributed by atoms with Crippen LogP contribution in [-0.2, 0) is 6.54 Å². The molecule has 0 aliphatic rings. The van der Waals surface area contributed by atoms with E-state index in [0.717, 1.165) is 19.4 Å². The zero-order valence-corrected chi connectivity index (χ0v) is 13.2. The van der Waals surface area contributed by atoms with E-state index in [0.29, 0.717) is 28.4 Å². The summed E-state index contributed by atoms with van der Waals surface area (Å²) in [5.74, 6) is 0.632. The number of para-hydroxylation sites is 1. The molecule has 2 N–H and O–H groups in total. The highest BCUT2D eigenvalue weighted by Crippen LogP contribution is 2.08. The number of thiocarbonyl (C=S) groups is 1. The Morgan fingerprint density at radius 2 is 2.19 bits per heavy atom. The Labute approximate surface area is 129 Å². The van der Waals surface area contributed by atoms with Crippen LogP contribution in [-0.4, -0.2) is 33.6 Å². The number of benzene rings is 1. The molecule has 0 radical (unpaired) electrons. The molecule has 0 spiro atoms. The molecule has 0 atom stereocenters. The van der Waals surface area contributed by atoms with Gasteiger partial charge in [0.05, 0.1) is 17.4 Å². The first-order valence-corrected chi connectivity index (χ1v) is 7.51. The summed E-state index contributed by atoms with van der Waals surface area (Å²) in [5.41, 5.74) is 0.600.